The van der Waals surface area contributed by atoms with Gasteiger partial charge in [-0.05, 0) is 20.4 Å². The number of ether oxygens (including phenoxy) is 1. The lowest BCUT2D eigenvalue weighted by Crippen LogP contribution is -2.37. The Balaban J connectivity index is 2.30. The molecule has 0 aromatic carbocycles. The topological polar surface area (TPSA) is 58.2 Å². The third-order valence-electron chi connectivity index (χ3n) is 3.17. The first-order valence-electron chi connectivity index (χ1n) is 6.01. The van der Waals surface area contributed by atoms with Gasteiger partial charge in [-0.1, -0.05) is 6.92 Å². The molecule has 1 saturated heterocycles. The van der Waals surface area contributed by atoms with Crippen LogP contribution in [0.15, 0.2) is 4.79 Å². The molecule has 94 valence electrons. The molecule has 0 radical (unpaired) electrons. The number of nitrogens with one attached hydrogen (secondary N) is 1. The van der Waals surface area contributed by atoms with Crippen molar-refractivity contribution in [3.8, 4) is 0 Å². The molecule has 1 N–H and O–H groups in total. The molecule has 0 saturated carbocycles. The first-order valence-corrected chi connectivity index (χ1v) is 6.01. The quantitative estimate of drug-likeness (QED) is 0.820. The number of hydrogen-bond donors (Lipinski definition) is 1. The summed E-state index contributed by atoms with van der Waals surface area (Å²) >= 11 is 0. The average molecular weight is 237 g/mol. The molecule has 1 aliphatic rings. The monoisotopic (exact) mass is 237 g/mol. The van der Waals surface area contributed by atoms with Crippen molar-refractivity contribution in [3.63, 3.8) is 0 Å². The molecule has 1 fully saturated rings. The smallest absolute Gasteiger partial charge is 0.254 e. The molecule has 0 bridgehead atoms. The molecule has 2 heterocycles. The van der Waals surface area contributed by atoms with Crippen molar-refractivity contribution in [2.24, 2.45) is 0 Å². The third-order valence-corrected chi connectivity index (χ3v) is 3.17. The van der Waals surface area contributed by atoms with Crippen LogP contribution >= 0.6 is 0 Å². The van der Waals surface area contributed by atoms with Gasteiger partial charge in [-0.15, -0.1) is 0 Å². The van der Waals surface area contributed by atoms with Gasteiger partial charge in [-0.25, -0.2) is 4.98 Å². The zero-order chi connectivity index (χ0) is 12.4. The summed E-state index contributed by atoms with van der Waals surface area (Å²) in [5.41, 5.74) is 1.54. The Bertz CT molecular complexity index is 456. The molecule has 1 aromatic rings. The van der Waals surface area contributed by atoms with Gasteiger partial charge in [0.1, 0.15) is 11.9 Å². The molecule has 1 atom stereocenters. The van der Waals surface area contributed by atoms with E-state index in [-0.39, 0.29) is 11.7 Å². The number of hydrogen-bond acceptors (Lipinski definition) is 4. The van der Waals surface area contributed by atoms with Crippen LogP contribution in [0.4, 0.5) is 0 Å². The van der Waals surface area contributed by atoms with Crippen LogP contribution in [-0.2, 0) is 11.2 Å². The largest absolute Gasteiger partial charge is 0.368 e. The van der Waals surface area contributed by atoms with Gasteiger partial charge in [0.25, 0.3) is 5.56 Å². The zero-order valence-electron chi connectivity index (χ0n) is 10.6. The second-order valence-electron chi connectivity index (χ2n) is 4.49. The summed E-state index contributed by atoms with van der Waals surface area (Å²) in [4.78, 5) is 21.3. The number of aryl methyl sites for hydroxylation is 1. The van der Waals surface area contributed by atoms with E-state index in [1.807, 2.05) is 20.9 Å². The maximum atomic E-state index is 11.9. The second-order valence-corrected chi connectivity index (χ2v) is 4.49. The highest BCUT2D eigenvalue weighted by Crippen LogP contribution is 2.17. The van der Waals surface area contributed by atoms with E-state index in [1.165, 1.54) is 0 Å². The number of rotatable bonds is 2. The number of aromatic nitrogens is 2. The van der Waals surface area contributed by atoms with E-state index in [2.05, 4.69) is 14.9 Å². The molecule has 5 heteroatoms. The summed E-state index contributed by atoms with van der Waals surface area (Å²) < 4.78 is 5.64. The molecule has 1 unspecified atom stereocenters. The highest BCUT2D eigenvalue weighted by Gasteiger charge is 2.22. The summed E-state index contributed by atoms with van der Waals surface area (Å²) in [6.45, 7) is 6.22. The minimum Gasteiger partial charge on any atom is -0.368 e. The molecule has 5 nitrogen and oxygen atoms in total. The fourth-order valence-corrected chi connectivity index (χ4v) is 2.14. The molecule has 1 aromatic heterocycles. The highest BCUT2D eigenvalue weighted by atomic mass is 16.5. The maximum absolute atomic E-state index is 11.9. The minimum atomic E-state index is -0.119. The lowest BCUT2D eigenvalue weighted by atomic mass is 10.2. The van der Waals surface area contributed by atoms with Crippen LogP contribution in [0.2, 0.25) is 0 Å². The molecule has 0 spiro atoms. The van der Waals surface area contributed by atoms with Crippen LogP contribution in [0.1, 0.15) is 30.1 Å². The Hall–Kier alpha value is -1.20. The predicted molar refractivity (Wildman–Crippen MR) is 65.2 cm³/mol. The standard InChI is InChI=1S/C12H19N3O2/c1-4-9-8(2)13-11(14-12(9)16)10-7-15(3)5-6-17-10/h10H,4-7H2,1-3H3,(H,13,14,16). The van der Waals surface area contributed by atoms with Crippen LogP contribution in [0.25, 0.3) is 0 Å². The Labute approximate surface area is 101 Å². The van der Waals surface area contributed by atoms with E-state index in [0.29, 0.717) is 18.9 Å². The summed E-state index contributed by atoms with van der Waals surface area (Å²) in [6, 6.07) is 0. The summed E-state index contributed by atoms with van der Waals surface area (Å²) in [5, 5.41) is 0. The van der Waals surface area contributed by atoms with E-state index in [4.69, 9.17) is 4.74 Å². The van der Waals surface area contributed by atoms with Crippen LogP contribution in [0.3, 0.4) is 0 Å². The molecule has 2 rings (SSSR count). The molecule has 0 aliphatic carbocycles. The number of aromatic amines is 1. The van der Waals surface area contributed by atoms with Crippen LogP contribution in [-0.4, -0.2) is 41.6 Å². The molecule has 1 aliphatic heterocycles. The van der Waals surface area contributed by atoms with Gasteiger partial charge >= 0.3 is 0 Å². The van der Waals surface area contributed by atoms with Crippen molar-refractivity contribution in [2.45, 2.75) is 26.4 Å². The number of H-pyrrole nitrogens is 1. The van der Waals surface area contributed by atoms with Crippen LogP contribution in [0.5, 0.6) is 0 Å². The van der Waals surface area contributed by atoms with Crippen molar-refractivity contribution < 1.29 is 4.74 Å². The van der Waals surface area contributed by atoms with Crippen LogP contribution in [0, 0.1) is 6.92 Å². The van der Waals surface area contributed by atoms with Crippen molar-refractivity contribution in [1.29, 1.82) is 0 Å². The summed E-state index contributed by atoms with van der Waals surface area (Å²) in [6.07, 6.45) is 0.589. The molecule has 17 heavy (non-hydrogen) atoms. The van der Waals surface area contributed by atoms with Crippen molar-refractivity contribution in [2.75, 3.05) is 26.7 Å². The maximum Gasteiger partial charge on any atom is 0.254 e. The van der Waals surface area contributed by atoms with Crippen molar-refractivity contribution in [1.82, 2.24) is 14.9 Å². The van der Waals surface area contributed by atoms with Crippen molar-refractivity contribution >= 4 is 0 Å². The fourth-order valence-electron chi connectivity index (χ4n) is 2.14. The van der Waals surface area contributed by atoms with Gasteiger partial charge in [-0.2, -0.15) is 0 Å². The highest BCUT2D eigenvalue weighted by molar-refractivity contribution is 5.17. The zero-order valence-corrected chi connectivity index (χ0v) is 10.6. The first-order chi connectivity index (χ1) is 8.11. The van der Waals surface area contributed by atoms with Gasteiger partial charge < -0.3 is 14.6 Å². The Kier molecular flexibility index (Phi) is 3.59. The average Bonchev–Trinajstić information content (AvgIpc) is 2.28. The molecular formula is C12H19N3O2. The first kappa shape index (κ1) is 12.3. The number of nitrogens with zero attached hydrogens (tertiary/aromatic N) is 2. The third kappa shape index (κ3) is 2.56. The van der Waals surface area contributed by atoms with Crippen molar-refractivity contribution in [3.05, 3.63) is 27.4 Å². The molecule has 0 amide bonds. The normalized spacial score (nSPS) is 21.7. The van der Waals surface area contributed by atoms with Gasteiger partial charge in [0.2, 0.25) is 0 Å². The van der Waals surface area contributed by atoms with E-state index < -0.39 is 0 Å². The van der Waals surface area contributed by atoms with E-state index in [1.54, 1.807) is 0 Å². The Morgan fingerprint density at radius 2 is 2.35 bits per heavy atom. The second kappa shape index (κ2) is 4.98. The molecular weight excluding hydrogens is 218 g/mol. The van der Waals surface area contributed by atoms with E-state index in [0.717, 1.165) is 24.3 Å². The SMILES string of the molecule is CCc1c(C)nc(C2CN(C)CCO2)[nH]c1=O. The van der Waals surface area contributed by atoms with E-state index >= 15 is 0 Å². The van der Waals surface area contributed by atoms with Gasteiger partial charge in [0.15, 0.2) is 0 Å². The van der Waals surface area contributed by atoms with Gasteiger partial charge in [0.05, 0.1) is 6.61 Å². The number of morpholine rings is 1. The Morgan fingerprint density at radius 3 is 2.94 bits per heavy atom. The summed E-state index contributed by atoms with van der Waals surface area (Å²) in [7, 11) is 2.04. The van der Waals surface area contributed by atoms with Crippen LogP contribution < -0.4 is 5.56 Å². The van der Waals surface area contributed by atoms with Gasteiger partial charge in [0, 0.05) is 24.3 Å². The predicted octanol–water partition coefficient (Wildman–Crippen LogP) is 0.644. The Morgan fingerprint density at radius 1 is 1.59 bits per heavy atom. The van der Waals surface area contributed by atoms with E-state index in [9.17, 15) is 4.79 Å². The lowest BCUT2D eigenvalue weighted by Gasteiger charge is -2.29. The number of likely N-dealkylation sites (N-methyl/N-ethyl adjacent to an activating group) is 1. The lowest BCUT2D eigenvalue weighted by molar-refractivity contribution is -0.0257. The summed E-state index contributed by atoms with van der Waals surface area (Å²) in [5.74, 6) is 0.649. The minimum absolute atomic E-state index is 0.0353. The fraction of sp³-hybridized carbons (Fsp3) is 0.667. The van der Waals surface area contributed by atoms with Gasteiger partial charge in [-0.3, -0.25) is 4.79 Å².